The zero-order valence-electron chi connectivity index (χ0n) is 16.7. The van der Waals surface area contributed by atoms with Crippen LogP contribution >= 0.6 is 0 Å². The predicted molar refractivity (Wildman–Crippen MR) is 106 cm³/mol. The van der Waals surface area contributed by atoms with Crippen LogP contribution < -0.4 is 16.4 Å². The van der Waals surface area contributed by atoms with Crippen LogP contribution in [-0.2, 0) is 29.7 Å². The van der Waals surface area contributed by atoms with Crippen molar-refractivity contribution in [3.05, 3.63) is 46.1 Å². The zero-order valence-corrected chi connectivity index (χ0v) is 16.7. The van der Waals surface area contributed by atoms with Crippen LogP contribution in [0, 0.1) is 6.92 Å². The zero-order chi connectivity index (χ0) is 21.6. The van der Waals surface area contributed by atoms with Gasteiger partial charge in [-0.1, -0.05) is 12.1 Å². The lowest BCUT2D eigenvalue weighted by atomic mass is 10.0. The maximum atomic E-state index is 13.1. The molecule has 0 bridgehead atoms. The molecule has 1 aromatic heterocycles. The van der Waals surface area contributed by atoms with Crippen molar-refractivity contribution in [3.8, 4) is 0 Å². The van der Waals surface area contributed by atoms with E-state index in [9.17, 15) is 19.2 Å². The molecule has 10 nitrogen and oxygen atoms in total. The van der Waals surface area contributed by atoms with Gasteiger partial charge in [0.15, 0.2) is 5.82 Å². The number of imide groups is 2. The fraction of sp³-hybridized carbons (Fsp3) is 0.350. The maximum Gasteiger partial charge on any atom is 0.262 e. The quantitative estimate of drug-likeness (QED) is 0.598. The van der Waals surface area contributed by atoms with E-state index in [2.05, 4.69) is 15.7 Å². The molecule has 4 amide bonds. The molecule has 2 aromatic rings. The molecule has 1 saturated heterocycles. The minimum atomic E-state index is -0.988. The highest BCUT2D eigenvalue weighted by Crippen LogP contribution is 2.30. The van der Waals surface area contributed by atoms with E-state index in [1.165, 1.54) is 0 Å². The Labute approximate surface area is 172 Å². The molecule has 4 N–H and O–H groups in total. The molecule has 0 radical (unpaired) electrons. The van der Waals surface area contributed by atoms with E-state index in [-0.39, 0.29) is 30.5 Å². The van der Waals surface area contributed by atoms with E-state index in [1.807, 2.05) is 14.0 Å². The number of carbonyl (C=O) groups is 4. The number of hydrogen-bond acceptors (Lipinski definition) is 7. The van der Waals surface area contributed by atoms with Gasteiger partial charge in [0.2, 0.25) is 11.8 Å². The van der Waals surface area contributed by atoms with Crippen molar-refractivity contribution in [2.24, 2.45) is 12.8 Å². The molecule has 1 fully saturated rings. The fourth-order valence-corrected chi connectivity index (χ4v) is 3.95. The molecule has 1 unspecified atom stereocenters. The molecule has 0 saturated carbocycles. The summed E-state index contributed by atoms with van der Waals surface area (Å²) in [7, 11) is 1.82. The van der Waals surface area contributed by atoms with E-state index in [0.29, 0.717) is 17.9 Å². The topological polar surface area (TPSA) is 139 Å². The number of nitrogens with one attached hydrogen (secondary N) is 2. The molecule has 10 heteroatoms. The van der Waals surface area contributed by atoms with Crippen molar-refractivity contribution >= 4 is 29.4 Å². The second-order valence-corrected chi connectivity index (χ2v) is 7.38. The highest BCUT2D eigenvalue weighted by Gasteiger charge is 2.45. The maximum absolute atomic E-state index is 13.1. The second-order valence-electron chi connectivity index (χ2n) is 7.38. The van der Waals surface area contributed by atoms with E-state index in [1.54, 1.807) is 22.9 Å². The Bertz CT molecular complexity index is 1090. The number of hydrogen-bond donors (Lipinski definition) is 3. The molecule has 2 aliphatic heterocycles. The normalized spacial score (nSPS) is 18.6. The third-order valence-corrected chi connectivity index (χ3v) is 5.66. The Kier molecular flexibility index (Phi) is 4.86. The molecule has 156 valence electrons. The molecule has 1 aromatic carbocycles. The molecule has 0 aliphatic carbocycles. The number of nitrogens with zero attached hydrogens (tertiary/aromatic N) is 3. The van der Waals surface area contributed by atoms with Crippen LogP contribution in [0.1, 0.15) is 50.4 Å². The number of carbonyl (C=O) groups excluding carboxylic acids is 4. The van der Waals surface area contributed by atoms with Crippen molar-refractivity contribution in [2.45, 2.75) is 38.9 Å². The highest BCUT2D eigenvalue weighted by atomic mass is 16.2. The van der Waals surface area contributed by atoms with E-state index < -0.39 is 29.7 Å². The van der Waals surface area contributed by atoms with Crippen molar-refractivity contribution in [3.63, 3.8) is 0 Å². The first-order chi connectivity index (χ1) is 14.3. The summed E-state index contributed by atoms with van der Waals surface area (Å²) >= 11 is 0. The minimum absolute atomic E-state index is 0.0825. The van der Waals surface area contributed by atoms with Crippen LogP contribution in [-0.4, -0.2) is 44.4 Å². The number of fused-ring (bicyclic) bond motifs is 1. The van der Waals surface area contributed by atoms with Gasteiger partial charge < -0.3 is 11.1 Å². The van der Waals surface area contributed by atoms with Gasteiger partial charge in [-0.3, -0.25) is 34.1 Å². The molecule has 0 spiro atoms. The summed E-state index contributed by atoms with van der Waals surface area (Å²) in [5.74, 6) is -1.47. The number of rotatable bonds is 5. The van der Waals surface area contributed by atoms with Crippen molar-refractivity contribution < 1.29 is 19.2 Å². The monoisotopic (exact) mass is 410 g/mol. The number of piperidine rings is 1. The molecule has 1 atom stereocenters. The molecule has 4 rings (SSSR count). The van der Waals surface area contributed by atoms with Crippen LogP contribution in [0.3, 0.4) is 0 Å². The summed E-state index contributed by atoms with van der Waals surface area (Å²) in [6.45, 7) is 2.49. The van der Waals surface area contributed by atoms with Crippen LogP contribution in [0.4, 0.5) is 5.82 Å². The summed E-state index contributed by atoms with van der Waals surface area (Å²) in [5.41, 5.74) is 8.77. The number of nitrogens with two attached hydrogens (primary N) is 1. The van der Waals surface area contributed by atoms with Crippen molar-refractivity contribution in [1.29, 1.82) is 0 Å². The summed E-state index contributed by atoms with van der Waals surface area (Å²) in [4.78, 5) is 50.6. The van der Waals surface area contributed by atoms with Gasteiger partial charge in [-0.15, -0.1) is 0 Å². The minimum Gasteiger partial charge on any atom is -0.364 e. The number of aromatic nitrogens is 2. The Morgan fingerprint density at radius 2 is 2.00 bits per heavy atom. The summed E-state index contributed by atoms with van der Waals surface area (Å²) in [6.07, 6.45) is 0.204. The van der Waals surface area contributed by atoms with Gasteiger partial charge in [0.05, 0.1) is 11.1 Å². The average Bonchev–Trinajstić information content (AvgIpc) is 3.14. The van der Waals surface area contributed by atoms with Crippen LogP contribution in [0.15, 0.2) is 18.2 Å². The predicted octanol–water partition coefficient (Wildman–Crippen LogP) is 0.201. The third-order valence-electron chi connectivity index (χ3n) is 5.66. The molecule has 2 aliphatic rings. The number of anilines is 1. The second kappa shape index (κ2) is 7.38. The van der Waals surface area contributed by atoms with Crippen LogP contribution in [0.5, 0.6) is 0 Å². The smallest absolute Gasteiger partial charge is 0.262 e. The van der Waals surface area contributed by atoms with Crippen molar-refractivity contribution in [2.75, 3.05) is 5.32 Å². The Morgan fingerprint density at radius 3 is 2.70 bits per heavy atom. The first-order valence-electron chi connectivity index (χ1n) is 9.63. The summed E-state index contributed by atoms with van der Waals surface area (Å²) in [5, 5.41) is 9.80. The average molecular weight is 410 g/mol. The van der Waals surface area contributed by atoms with Crippen LogP contribution in [0.2, 0.25) is 0 Å². The number of benzene rings is 1. The molecular formula is C20H22N6O4. The Hall–Kier alpha value is -3.53. The largest absolute Gasteiger partial charge is 0.364 e. The lowest BCUT2D eigenvalue weighted by molar-refractivity contribution is -0.136. The van der Waals surface area contributed by atoms with E-state index in [0.717, 1.165) is 16.2 Å². The highest BCUT2D eigenvalue weighted by molar-refractivity contribution is 6.24. The first-order valence-corrected chi connectivity index (χ1v) is 9.63. The summed E-state index contributed by atoms with van der Waals surface area (Å²) in [6, 6.07) is 4.03. The van der Waals surface area contributed by atoms with Gasteiger partial charge in [-0.05, 0) is 25.0 Å². The lowest BCUT2D eigenvalue weighted by Crippen LogP contribution is -2.54. The molecule has 30 heavy (non-hydrogen) atoms. The van der Waals surface area contributed by atoms with Gasteiger partial charge >= 0.3 is 0 Å². The van der Waals surface area contributed by atoms with Gasteiger partial charge in [-0.25, -0.2) is 0 Å². The van der Waals surface area contributed by atoms with Gasteiger partial charge in [0.25, 0.3) is 11.8 Å². The van der Waals surface area contributed by atoms with Gasteiger partial charge in [0.1, 0.15) is 6.04 Å². The fourth-order valence-electron chi connectivity index (χ4n) is 3.95. The summed E-state index contributed by atoms with van der Waals surface area (Å²) < 4.78 is 1.72. The van der Waals surface area contributed by atoms with E-state index in [4.69, 9.17) is 5.73 Å². The SMILES string of the molecule is Cc1c(CN)c(NCc2cccc3c2C(=O)N(C2CCC(=O)NC2=O)C3=O)nn1C. The Balaban J connectivity index is 1.61. The van der Waals surface area contributed by atoms with Gasteiger partial charge in [0, 0.05) is 37.8 Å². The number of amides is 4. The first kappa shape index (κ1) is 19.8. The molecular weight excluding hydrogens is 388 g/mol. The number of aryl methyl sites for hydroxylation is 1. The molecule has 3 heterocycles. The standard InChI is InChI=1S/C20H22N6O4/c1-10-13(8-21)17(24-25(10)2)22-9-11-4-3-5-12-16(11)20(30)26(19(12)29)14-6-7-15(27)23-18(14)28/h3-5,14H,6-9,21H2,1-2H3,(H,22,24)(H,23,27,28). The van der Waals surface area contributed by atoms with Crippen LogP contribution in [0.25, 0.3) is 0 Å². The van der Waals surface area contributed by atoms with Crippen molar-refractivity contribution in [1.82, 2.24) is 20.0 Å². The van der Waals surface area contributed by atoms with Gasteiger partial charge in [-0.2, -0.15) is 5.10 Å². The third kappa shape index (κ3) is 3.05. The van der Waals surface area contributed by atoms with E-state index >= 15 is 0 Å². The Morgan fingerprint density at radius 1 is 1.23 bits per heavy atom. The lowest BCUT2D eigenvalue weighted by Gasteiger charge is -2.27.